The lowest BCUT2D eigenvalue weighted by Crippen LogP contribution is -2.19. The maximum absolute atomic E-state index is 11.1. The van der Waals surface area contributed by atoms with E-state index in [0.29, 0.717) is 12.3 Å². The summed E-state index contributed by atoms with van der Waals surface area (Å²) in [5, 5.41) is 2.89. The fraction of sp³-hybridized carbons (Fsp3) is 0.417. The molecule has 1 heterocycles. The quantitative estimate of drug-likeness (QED) is 0.726. The van der Waals surface area contributed by atoms with Crippen LogP contribution in [0.5, 0.6) is 0 Å². The van der Waals surface area contributed by atoms with Gasteiger partial charge in [0.2, 0.25) is 5.91 Å². The van der Waals surface area contributed by atoms with Gasteiger partial charge in [0.15, 0.2) is 0 Å². The summed E-state index contributed by atoms with van der Waals surface area (Å²) in [6.07, 6.45) is 1.50. The van der Waals surface area contributed by atoms with Gasteiger partial charge in [-0.25, -0.2) is 0 Å². The molecule has 1 aliphatic heterocycles. The number of carbonyl (C=O) groups is 1. The van der Waals surface area contributed by atoms with Gasteiger partial charge < -0.3 is 5.32 Å². The number of amides is 1. The molecule has 0 radical (unpaired) electrons. The molecule has 1 amide bonds. The summed E-state index contributed by atoms with van der Waals surface area (Å²) >= 11 is 0. The Morgan fingerprint density at radius 3 is 2.86 bits per heavy atom. The molecule has 2 heteroatoms. The van der Waals surface area contributed by atoms with Crippen LogP contribution < -0.4 is 5.32 Å². The summed E-state index contributed by atoms with van der Waals surface area (Å²) < 4.78 is 0. The molecule has 0 aromatic heterocycles. The van der Waals surface area contributed by atoms with Crippen molar-refractivity contribution in [3.8, 4) is 0 Å². The monoisotopic (exact) mass is 191 g/mol. The van der Waals surface area contributed by atoms with E-state index < -0.39 is 0 Å². The molecule has 76 valence electrons. The van der Waals surface area contributed by atoms with E-state index in [0.717, 1.165) is 12.1 Å². The molecule has 0 saturated carbocycles. The zero-order valence-electron chi connectivity index (χ0n) is 8.63. The molecule has 1 aliphatic rings. The van der Waals surface area contributed by atoms with Gasteiger partial charge in [-0.2, -0.15) is 0 Å². The number of benzene rings is 1. The highest BCUT2D eigenvalue weighted by atomic mass is 16.1. The minimum Gasteiger partial charge on any atom is -0.326 e. The Kier molecular flexibility index (Phi) is 2.28. The number of rotatable bonds is 1. The molecular formula is C12H17NO. The summed E-state index contributed by atoms with van der Waals surface area (Å²) in [6, 6.07) is 6.32. The van der Waals surface area contributed by atoms with Gasteiger partial charge in [-0.15, -0.1) is 0 Å². The van der Waals surface area contributed by atoms with Crippen molar-refractivity contribution in [1.29, 1.82) is 0 Å². The van der Waals surface area contributed by atoms with Crippen molar-refractivity contribution in [3.63, 3.8) is 0 Å². The van der Waals surface area contributed by atoms with E-state index in [9.17, 15) is 4.79 Å². The maximum atomic E-state index is 11.1. The smallest absolute Gasteiger partial charge is 0.224 e. The predicted octanol–water partition coefficient (Wildman–Crippen LogP) is 2.94. The number of aryl methyl sites for hydroxylation is 1. The van der Waals surface area contributed by atoms with Crippen LogP contribution in [0.25, 0.3) is 0 Å². The Morgan fingerprint density at radius 2 is 2.14 bits per heavy atom. The number of nitrogens with one attached hydrogen (secondary N) is 1. The summed E-state index contributed by atoms with van der Waals surface area (Å²) in [6.45, 7) is 4.37. The molecule has 1 aromatic carbocycles. The number of anilines is 1. The van der Waals surface area contributed by atoms with Crippen LogP contribution >= 0.6 is 0 Å². The molecule has 0 spiro atoms. The highest BCUT2D eigenvalue weighted by molar-refractivity contribution is 5.93. The third-order valence-electron chi connectivity index (χ3n) is 2.69. The molecule has 0 saturated heterocycles. The van der Waals surface area contributed by atoms with Crippen LogP contribution in [-0.4, -0.2) is 5.91 Å². The predicted molar refractivity (Wildman–Crippen MR) is 59.6 cm³/mol. The van der Waals surface area contributed by atoms with Crippen LogP contribution in [0.15, 0.2) is 18.2 Å². The Bertz CT molecular complexity index is 374. The van der Waals surface area contributed by atoms with E-state index in [2.05, 4.69) is 31.3 Å². The Morgan fingerprint density at radius 1 is 1.36 bits per heavy atom. The Hall–Kier alpha value is -1.31. The minimum atomic E-state index is 0. The van der Waals surface area contributed by atoms with Crippen LogP contribution in [0.3, 0.4) is 0 Å². The molecule has 2 rings (SSSR count). The molecule has 0 fully saturated rings. The van der Waals surface area contributed by atoms with E-state index in [1.807, 2.05) is 6.07 Å². The first-order valence-corrected chi connectivity index (χ1v) is 5.09. The van der Waals surface area contributed by atoms with Crippen molar-refractivity contribution in [2.24, 2.45) is 0 Å². The molecule has 1 aromatic rings. The zero-order valence-corrected chi connectivity index (χ0v) is 8.63. The van der Waals surface area contributed by atoms with Crippen molar-refractivity contribution in [1.82, 2.24) is 0 Å². The van der Waals surface area contributed by atoms with Crippen LogP contribution in [0.2, 0.25) is 0 Å². The lowest BCUT2D eigenvalue weighted by atomic mass is 9.95. The molecule has 2 nitrogen and oxygen atoms in total. The van der Waals surface area contributed by atoms with Gasteiger partial charge in [0.1, 0.15) is 0 Å². The van der Waals surface area contributed by atoms with Gasteiger partial charge in [0, 0.05) is 13.5 Å². The van der Waals surface area contributed by atoms with Gasteiger partial charge in [0.05, 0.1) is 0 Å². The molecule has 0 atom stereocenters. The van der Waals surface area contributed by atoms with Crippen molar-refractivity contribution >= 4 is 11.6 Å². The fourth-order valence-corrected chi connectivity index (χ4v) is 1.76. The topological polar surface area (TPSA) is 29.1 Å². The zero-order chi connectivity index (χ0) is 10.1. The maximum Gasteiger partial charge on any atom is 0.224 e. The average molecular weight is 191 g/mol. The van der Waals surface area contributed by atoms with Crippen LogP contribution in [0, 0.1) is 0 Å². The second kappa shape index (κ2) is 3.45. The lowest BCUT2D eigenvalue weighted by molar-refractivity contribution is -0.116. The van der Waals surface area contributed by atoms with E-state index in [1.54, 1.807) is 0 Å². The van der Waals surface area contributed by atoms with Gasteiger partial charge in [-0.1, -0.05) is 26.0 Å². The normalized spacial score (nSPS) is 15.2. The van der Waals surface area contributed by atoms with Crippen molar-refractivity contribution in [2.45, 2.75) is 32.6 Å². The number of hydrogen-bond acceptors (Lipinski definition) is 1. The van der Waals surface area contributed by atoms with Gasteiger partial charge in [0.25, 0.3) is 0 Å². The highest BCUT2D eigenvalue weighted by Crippen LogP contribution is 2.26. The van der Waals surface area contributed by atoms with E-state index >= 15 is 0 Å². The SMILES string of the molecule is CC(C)c1ccc2c(c1)CCC(=O)N2.[HH]. The molecule has 0 aliphatic carbocycles. The average Bonchev–Trinajstić information content (AvgIpc) is 2.16. The van der Waals surface area contributed by atoms with E-state index in [-0.39, 0.29) is 7.33 Å². The molecule has 0 bridgehead atoms. The summed E-state index contributed by atoms with van der Waals surface area (Å²) in [5.74, 6) is 0.688. The number of hydrogen-bond donors (Lipinski definition) is 1. The van der Waals surface area contributed by atoms with Gasteiger partial charge >= 0.3 is 0 Å². The molecular weight excluding hydrogens is 174 g/mol. The third-order valence-corrected chi connectivity index (χ3v) is 2.69. The second-order valence-corrected chi connectivity index (χ2v) is 4.12. The second-order valence-electron chi connectivity index (χ2n) is 4.12. The first-order chi connectivity index (χ1) is 6.66. The molecule has 0 unspecified atom stereocenters. The van der Waals surface area contributed by atoms with Crippen molar-refractivity contribution < 1.29 is 6.22 Å². The fourth-order valence-electron chi connectivity index (χ4n) is 1.76. The summed E-state index contributed by atoms with van der Waals surface area (Å²) in [4.78, 5) is 11.1. The lowest BCUT2D eigenvalue weighted by Gasteiger charge is -2.18. The first-order valence-electron chi connectivity index (χ1n) is 5.09. The summed E-state index contributed by atoms with van der Waals surface area (Å²) in [5.41, 5.74) is 3.61. The first kappa shape index (κ1) is 9.25. The highest BCUT2D eigenvalue weighted by Gasteiger charge is 2.14. The van der Waals surface area contributed by atoms with Crippen molar-refractivity contribution in [2.75, 3.05) is 5.32 Å². The van der Waals surface area contributed by atoms with Crippen molar-refractivity contribution in [3.05, 3.63) is 29.3 Å². The minimum absolute atomic E-state index is 0. The molecule has 14 heavy (non-hydrogen) atoms. The van der Waals surface area contributed by atoms with Gasteiger partial charge in [-0.05, 0) is 29.5 Å². The Balaban J connectivity index is 0.00000112. The number of carbonyl (C=O) groups excluding carboxylic acids is 1. The molecule has 1 N–H and O–H groups in total. The standard InChI is InChI=1S/C12H15NO.H2/c1-8(2)9-3-5-11-10(7-9)4-6-12(14)13-11;/h3,5,7-8H,4,6H2,1-2H3,(H,13,14);1H. The Labute approximate surface area is 85.8 Å². The third kappa shape index (κ3) is 1.65. The van der Waals surface area contributed by atoms with Crippen LogP contribution in [0.4, 0.5) is 5.69 Å². The van der Waals surface area contributed by atoms with Crippen LogP contribution in [-0.2, 0) is 11.2 Å². The van der Waals surface area contributed by atoms with E-state index in [4.69, 9.17) is 0 Å². The van der Waals surface area contributed by atoms with Gasteiger partial charge in [-0.3, -0.25) is 4.79 Å². The largest absolute Gasteiger partial charge is 0.326 e. The summed E-state index contributed by atoms with van der Waals surface area (Å²) in [7, 11) is 0. The number of fused-ring (bicyclic) bond motifs is 1. The van der Waals surface area contributed by atoms with Crippen LogP contribution in [0.1, 0.15) is 38.7 Å². The van der Waals surface area contributed by atoms with E-state index in [1.165, 1.54) is 11.1 Å².